The smallest absolute Gasteiger partial charge is 0.322 e. The lowest BCUT2D eigenvalue weighted by molar-refractivity contribution is -0.112. The highest BCUT2D eigenvalue weighted by Gasteiger charge is 2.10. The molecule has 0 spiro atoms. The predicted octanol–water partition coefficient (Wildman–Crippen LogP) is 3.93. The lowest BCUT2D eigenvalue weighted by Gasteiger charge is -2.03. The second-order valence-electron chi connectivity index (χ2n) is 5.84. The first-order valence-corrected chi connectivity index (χ1v) is 8.03. The van der Waals surface area contributed by atoms with Crippen LogP contribution in [0.25, 0.3) is 6.08 Å². The van der Waals surface area contributed by atoms with E-state index in [-0.39, 0.29) is 11.9 Å². The normalized spacial score (nSPS) is 11.0. The molecule has 3 rings (SSSR count). The quantitative estimate of drug-likeness (QED) is 0.718. The van der Waals surface area contributed by atoms with Crippen LogP contribution in [0.1, 0.15) is 28.1 Å². The Bertz CT molecular complexity index is 898. The van der Waals surface area contributed by atoms with E-state index in [1.54, 1.807) is 6.08 Å². The molecule has 1 amide bonds. The highest BCUT2D eigenvalue weighted by atomic mass is 16.4. The maximum absolute atomic E-state index is 11.9. The fourth-order valence-corrected chi connectivity index (χ4v) is 2.47. The molecule has 1 N–H and O–H groups in total. The van der Waals surface area contributed by atoms with E-state index in [2.05, 4.69) is 47.6 Å². The molecule has 0 fully saturated rings. The fourth-order valence-electron chi connectivity index (χ4n) is 2.47. The van der Waals surface area contributed by atoms with Crippen LogP contribution < -0.4 is 5.32 Å². The van der Waals surface area contributed by atoms with Gasteiger partial charge in [-0.15, -0.1) is 5.10 Å². The Balaban J connectivity index is 1.61. The van der Waals surface area contributed by atoms with Crippen molar-refractivity contribution in [3.05, 3.63) is 82.8 Å². The van der Waals surface area contributed by atoms with Crippen molar-refractivity contribution < 1.29 is 9.21 Å². The third-order valence-corrected chi connectivity index (χ3v) is 3.76. The highest BCUT2D eigenvalue weighted by molar-refractivity contribution is 6.00. The van der Waals surface area contributed by atoms with Crippen LogP contribution in [-0.2, 0) is 11.2 Å². The van der Waals surface area contributed by atoms with Gasteiger partial charge in [-0.25, -0.2) is 0 Å². The summed E-state index contributed by atoms with van der Waals surface area (Å²) < 4.78 is 5.51. The number of nitrogens with one attached hydrogen (secondary N) is 1. The number of benzene rings is 2. The molecule has 0 saturated heterocycles. The van der Waals surface area contributed by atoms with Crippen LogP contribution in [0, 0.1) is 13.8 Å². The lowest BCUT2D eigenvalue weighted by atomic mass is 10.0. The van der Waals surface area contributed by atoms with Crippen molar-refractivity contribution in [1.82, 2.24) is 10.2 Å². The van der Waals surface area contributed by atoms with Crippen molar-refractivity contribution >= 4 is 18.0 Å². The summed E-state index contributed by atoms with van der Waals surface area (Å²) in [6.45, 7) is 4.11. The molecule has 2 aromatic carbocycles. The second-order valence-corrected chi connectivity index (χ2v) is 5.84. The Hall–Kier alpha value is -3.21. The van der Waals surface area contributed by atoms with E-state index in [1.807, 2.05) is 30.3 Å². The first kappa shape index (κ1) is 16.6. The van der Waals surface area contributed by atoms with Crippen molar-refractivity contribution in [2.24, 2.45) is 0 Å². The maximum Gasteiger partial charge on any atom is 0.322 e. The van der Waals surface area contributed by atoms with Gasteiger partial charge >= 0.3 is 6.01 Å². The zero-order valence-corrected chi connectivity index (χ0v) is 14.2. The first-order valence-electron chi connectivity index (χ1n) is 8.03. The van der Waals surface area contributed by atoms with E-state index in [9.17, 15) is 4.79 Å². The van der Waals surface area contributed by atoms with Gasteiger partial charge in [0.1, 0.15) is 0 Å². The molecule has 1 aromatic heterocycles. The molecule has 5 heteroatoms. The van der Waals surface area contributed by atoms with Crippen molar-refractivity contribution in [2.45, 2.75) is 20.3 Å². The van der Waals surface area contributed by atoms with Crippen LogP contribution >= 0.6 is 0 Å². The topological polar surface area (TPSA) is 68.0 Å². The maximum atomic E-state index is 11.9. The first-order chi connectivity index (χ1) is 12.1. The number of aromatic nitrogens is 2. The Morgan fingerprint density at radius 2 is 1.92 bits per heavy atom. The van der Waals surface area contributed by atoms with E-state index in [4.69, 9.17) is 4.42 Å². The average molecular weight is 333 g/mol. The summed E-state index contributed by atoms with van der Waals surface area (Å²) in [7, 11) is 0. The third-order valence-electron chi connectivity index (χ3n) is 3.76. The number of hydrogen-bond acceptors (Lipinski definition) is 4. The minimum atomic E-state index is -0.314. The van der Waals surface area contributed by atoms with E-state index < -0.39 is 0 Å². The molecule has 5 nitrogen and oxygen atoms in total. The monoisotopic (exact) mass is 333 g/mol. The zero-order chi connectivity index (χ0) is 17.6. The molecule has 0 saturated carbocycles. The number of amides is 1. The van der Waals surface area contributed by atoms with Crippen LogP contribution in [0.4, 0.5) is 6.01 Å². The van der Waals surface area contributed by atoms with Crippen molar-refractivity contribution in [3.63, 3.8) is 0 Å². The molecule has 0 aliphatic heterocycles. The van der Waals surface area contributed by atoms with Gasteiger partial charge in [-0.2, -0.15) is 0 Å². The molecule has 0 aliphatic rings. The molecule has 0 bridgehead atoms. The Morgan fingerprint density at radius 3 is 2.68 bits per heavy atom. The molecule has 1 heterocycles. The minimum absolute atomic E-state index is 0.0995. The molecule has 0 aliphatic carbocycles. The van der Waals surface area contributed by atoms with Gasteiger partial charge in [-0.3, -0.25) is 10.1 Å². The van der Waals surface area contributed by atoms with Crippen molar-refractivity contribution in [1.29, 1.82) is 0 Å². The molecule has 0 unspecified atom stereocenters. The van der Waals surface area contributed by atoms with E-state index in [1.165, 1.54) is 17.2 Å². The van der Waals surface area contributed by atoms with Crippen LogP contribution in [-0.4, -0.2) is 16.1 Å². The largest absolute Gasteiger partial charge is 0.407 e. The number of nitrogens with zero attached hydrogens (tertiary/aromatic N) is 2. The summed E-state index contributed by atoms with van der Waals surface area (Å²) in [5, 5.41) is 10.4. The summed E-state index contributed by atoms with van der Waals surface area (Å²) in [5.74, 6) is 0.153. The Labute approximate surface area is 146 Å². The average Bonchev–Trinajstić information content (AvgIpc) is 3.03. The zero-order valence-electron chi connectivity index (χ0n) is 14.2. The van der Waals surface area contributed by atoms with Crippen molar-refractivity contribution in [3.8, 4) is 0 Å². The fraction of sp³-hybridized carbons (Fsp3) is 0.150. The van der Waals surface area contributed by atoms with Gasteiger partial charge in [0, 0.05) is 6.08 Å². The highest BCUT2D eigenvalue weighted by Crippen LogP contribution is 2.16. The predicted molar refractivity (Wildman–Crippen MR) is 97.1 cm³/mol. The molecular formula is C20H19N3O2. The number of aryl methyl sites for hydroxylation is 2. The molecule has 25 heavy (non-hydrogen) atoms. The van der Waals surface area contributed by atoms with Gasteiger partial charge in [-0.05, 0) is 36.6 Å². The van der Waals surface area contributed by atoms with Crippen LogP contribution in [0.2, 0.25) is 0 Å². The van der Waals surface area contributed by atoms with Gasteiger partial charge in [0.05, 0.1) is 6.42 Å². The third kappa shape index (κ3) is 4.64. The molecule has 126 valence electrons. The van der Waals surface area contributed by atoms with E-state index in [0.717, 1.165) is 11.1 Å². The van der Waals surface area contributed by atoms with E-state index >= 15 is 0 Å². The molecule has 0 atom stereocenters. The molecule has 0 radical (unpaired) electrons. The number of rotatable bonds is 5. The summed E-state index contributed by atoms with van der Waals surface area (Å²) in [4.78, 5) is 11.9. The summed E-state index contributed by atoms with van der Waals surface area (Å²) >= 11 is 0. The Morgan fingerprint density at radius 1 is 1.12 bits per heavy atom. The molecule has 3 aromatic rings. The van der Waals surface area contributed by atoms with Gasteiger partial charge in [0.2, 0.25) is 5.89 Å². The molecular weight excluding hydrogens is 314 g/mol. The Kier molecular flexibility index (Phi) is 5.04. The number of carbonyl (C=O) groups excluding carboxylic acids is 1. The summed E-state index contributed by atoms with van der Waals surface area (Å²) in [6.07, 6.45) is 3.69. The van der Waals surface area contributed by atoms with Gasteiger partial charge in [0.25, 0.3) is 5.91 Å². The number of hydrogen-bond donors (Lipinski definition) is 1. The van der Waals surface area contributed by atoms with Crippen LogP contribution in [0.5, 0.6) is 0 Å². The summed E-state index contributed by atoms with van der Waals surface area (Å²) in [5.41, 5.74) is 4.45. The second kappa shape index (κ2) is 7.57. The van der Waals surface area contributed by atoms with E-state index in [0.29, 0.717) is 12.3 Å². The van der Waals surface area contributed by atoms with Gasteiger partial charge < -0.3 is 4.42 Å². The van der Waals surface area contributed by atoms with Crippen molar-refractivity contribution in [2.75, 3.05) is 5.32 Å². The van der Waals surface area contributed by atoms with Crippen LogP contribution in [0.3, 0.4) is 0 Å². The van der Waals surface area contributed by atoms with Gasteiger partial charge in [-0.1, -0.05) is 59.2 Å². The standard InChI is InChI=1S/C20H19N3O2/c1-14-8-10-17(15(2)12-14)13-19-22-23-20(25-19)21-18(24)11-9-16-6-4-3-5-7-16/h3-12H,13H2,1-2H3,(H,21,23,24)/b11-9+. The summed E-state index contributed by atoms with van der Waals surface area (Å²) in [6, 6.07) is 15.9. The minimum Gasteiger partial charge on any atom is -0.407 e. The van der Waals surface area contributed by atoms with Crippen LogP contribution in [0.15, 0.2) is 59.0 Å². The number of carbonyl (C=O) groups is 1. The van der Waals surface area contributed by atoms with Gasteiger partial charge in [0.15, 0.2) is 0 Å². The SMILES string of the molecule is Cc1ccc(Cc2nnc(NC(=O)/C=C/c3ccccc3)o2)c(C)c1. The number of anilines is 1. The lowest BCUT2D eigenvalue weighted by Crippen LogP contribution is -2.07.